The number of nitrogens with one attached hydrogen (secondary N) is 3. The van der Waals surface area contributed by atoms with E-state index < -0.39 is 5.60 Å². The molecule has 3 rings (SSSR count). The van der Waals surface area contributed by atoms with Crippen LogP contribution in [0.2, 0.25) is 0 Å². The van der Waals surface area contributed by atoms with Gasteiger partial charge in [0, 0.05) is 57.6 Å². The monoisotopic (exact) mass is 383 g/mol. The second-order valence-electron chi connectivity index (χ2n) is 7.29. The number of urea groups is 1. The third-order valence-electron chi connectivity index (χ3n) is 5.15. The van der Waals surface area contributed by atoms with E-state index in [1.807, 2.05) is 18.2 Å². The van der Waals surface area contributed by atoms with Gasteiger partial charge in [-0.05, 0) is 24.5 Å². The third-order valence-corrected chi connectivity index (χ3v) is 5.15. The molecule has 0 spiro atoms. The van der Waals surface area contributed by atoms with Gasteiger partial charge in [-0.3, -0.25) is 0 Å². The number of anilines is 2. The normalized spacial score (nSPS) is 16.4. The summed E-state index contributed by atoms with van der Waals surface area (Å²) < 4.78 is 0. The van der Waals surface area contributed by atoms with E-state index in [0.29, 0.717) is 24.5 Å². The Kier molecular flexibility index (Phi) is 6.84. The SMILES string of the molecule is CNc1cc(NC(=O)NCCN2CCC(O)(Cc3ccccc3)CC2)ccn1. The first-order valence-corrected chi connectivity index (χ1v) is 9.74. The summed E-state index contributed by atoms with van der Waals surface area (Å²) in [6, 6.07) is 13.4. The molecule has 1 aromatic carbocycles. The van der Waals surface area contributed by atoms with Crippen molar-refractivity contribution < 1.29 is 9.90 Å². The minimum Gasteiger partial charge on any atom is -0.389 e. The highest BCUT2D eigenvalue weighted by Crippen LogP contribution is 2.26. The fourth-order valence-electron chi connectivity index (χ4n) is 3.49. The maximum absolute atomic E-state index is 12.0. The predicted octanol–water partition coefficient (Wildman–Crippen LogP) is 2.31. The van der Waals surface area contributed by atoms with Crippen LogP contribution in [0.5, 0.6) is 0 Å². The van der Waals surface area contributed by atoms with Gasteiger partial charge < -0.3 is 26.0 Å². The van der Waals surface area contributed by atoms with Crippen LogP contribution in [-0.4, -0.2) is 59.8 Å². The first-order chi connectivity index (χ1) is 13.6. The van der Waals surface area contributed by atoms with Crippen LogP contribution in [0.3, 0.4) is 0 Å². The summed E-state index contributed by atoms with van der Waals surface area (Å²) in [7, 11) is 1.78. The maximum atomic E-state index is 12.0. The lowest BCUT2D eigenvalue weighted by atomic mass is 9.85. The largest absolute Gasteiger partial charge is 0.389 e. The molecule has 2 heterocycles. The molecule has 1 aromatic heterocycles. The number of carbonyl (C=O) groups is 1. The predicted molar refractivity (Wildman–Crippen MR) is 112 cm³/mol. The number of carbonyl (C=O) groups excluding carboxylic acids is 1. The number of benzene rings is 1. The van der Waals surface area contributed by atoms with Gasteiger partial charge in [0.1, 0.15) is 5.82 Å². The Morgan fingerprint density at radius 2 is 1.96 bits per heavy atom. The Labute approximate surface area is 166 Å². The number of pyridine rings is 1. The van der Waals surface area contributed by atoms with Crippen LogP contribution in [0.25, 0.3) is 0 Å². The first kappa shape index (κ1) is 20.1. The highest BCUT2D eigenvalue weighted by atomic mass is 16.3. The number of nitrogens with zero attached hydrogens (tertiary/aromatic N) is 2. The van der Waals surface area contributed by atoms with Gasteiger partial charge in [0.2, 0.25) is 0 Å². The van der Waals surface area contributed by atoms with Crippen molar-refractivity contribution in [3.05, 3.63) is 54.2 Å². The van der Waals surface area contributed by atoms with Crippen molar-refractivity contribution in [1.82, 2.24) is 15.2 Å². The van der Waals surface area contributed by atoms with Gasteiger partial charge in [-0.1, -0.05) is 30.3 Å². The van der Waals surface area contributed by atoms with E-state index in [2.05, 4.69) is 38.0 Å². The molecule has 0 radical (unpaired) electrons. The van der Waals surface area contributed by atoms with Crippen molar-refractivity contribution in [3.63, 3.8) is 0 Å². The maximum Gasteiger partial charge on any atom is 0.319 e. The van der Waals surface area contributed by atoms with Gasteiger partial charge in [0.15, 0.2) is 0 Å². The van der Waals surface area contributed by atoms with Crippen LogP contribution in [0.4, 0.5) is 16.3 Å². The summed E-state index contributed by atoms with van der Waals surface area (Å²) in [6.07, 6.45) is 3.84. The smallest absolute Gasteiger partial charge is 0.319 e. The lowest BCUT2D eigenvalue weighted by Crippen LogP contribution is -2.47. The lowest BCUT2D eigenvalue weighted by molar-refractivity contribution is -0.0201. The zero-order valence-electron chi connectivity index (χ0n) is 16.3. The van der Waals surface area contributed by atoms with Crippen molar-refractivity contribution >= 4 is 17.5 Å². The minimum atomic E-state index is -0.630. The van der Waals surface area contributed by atoms with Crippen LogP contribution < -0.4 is 16.0 Å². The lowest BCUT2D eigenvalue weighted by Gasteiger charge is -2.38. The van der Waals surface area contributed by atoms with E-state index in [0.717, 1.165) is 32.5 Å². The number of aliphatic hydroxyl groups is 1. The van der Waals surface area contributed by atoms with Crippen molar-refractivity contribution in [2.75, 3.05) is 43.9 Å². The molecule has 28 heavy (non-hydrogen) atoms. The van der Waals surface area contributed by atoms with Crippen LogP contribution in [0, 0.1) is 0 Å². The number of piperidine rings is 1. The molecule has 1 aliphatic rings. The van der Waals surface area contributed by atoms with Gasteiger partial charge in [-0.2, -0.15) is 0 Å². The fraction of sp³-hybridized carbons (Fsp3) is 0.429. The van der Waals surface area contributed by atoms with Gasteiger partial charge in [-0.15, -0.1) is 0 Å². The van der Waals surface area contributed by atoms with Crippen molar-refractivity contribution in [3.8, 4) is 0 Å². The molecule has 0 bridgehead atoms. The minimum absolute atomic E-state index is 0.231. The molecule has 2 aromatic rings. The van der Waals surface area contributed by atoms with Gasteiger partial charge in [0.25, 0.3) is 0 Å². The van der Waals surface area contributed by atoms with E-state index in [-0.39, 0.29) is 6.03 Å². The summed E-state index contributed by atoms with van der Waals surface area (Å²) in [6.45, 7) is 3.00. The van der Waals surface area contributed by atoms with E-state index in [1.165, 1.54) is 5.56 Å². The molecule has 4 N–H and O–H groups in total. The van der Waals surface area contributed by atoms with E-state index in [1.54, 1.807) is 25.4 Å². The quantitative estimate of drug-likeness (QED) is 0.589. The number of likely N-dealkylation sites (tertiary alicyclic amines) is 1. The number of rotatable bonds is 7. The fourth-order valence-corrected chi connectivity index (χ4v) is 3.49. The Morgan fingerprint density at radius 3 is 2.68 bits per heavy atom. The van der Waals surface area contributed by atoms with Crippen LogP contribution in [-0.2, 0) is 6.42 Å². The molecule has 1 saturated heterocycles. The number of hydrogen-bond acceptors (Lipinski definition) is 5. The van der Waals surface area contributed by atoms with Crippen LogP contribution in [0.15, 0.2) is 48.7 Å². The molecular formula is C21H29N5O2. The molecule has 2 amide bonds. The highest BCUT2D eigenvalue weighted by Gasteiger charge is 2.32. The molecule has 0 atom stereocenters. The summed E-state index contributed by atoms with van der Waals surface area (Å²) in [4.78, 5) is 18.4. The van der Waals surface area contributed by atoms with Gasteiger partial charge in [0.05, 0.1) is 5.60 Å². The summed E-state index contributed by atoms with van der Waals surface area (Å²) in [5.74, 6) is 0.703. The zero-order chi connectivity index (χ0) is 19.8. The molecule has 0 saturated carbocycles. The Bertz CT molecular complexity index is 760. The molecule has 1 aliphatic heterocycles. The average Bonchev–Trinajstić information content (AvgIpc) is 2.70. The topological polar surface area (TPSA) is 89.5 Å². The van der Waals surface area contributed by atoms with Crippen LogP contribution >= 0.6 is 0 Å². The molecule has 7 heteroatoms. The number of amides is 2. The van der Waals surface area contributed by atoms with E-state index in [9.17, 15) is 9.90 Å². The van der Waals surface area contributed by atoms with Crippen LogP contribution in [0.1, 0.15) is 18.4 Å². The number of aromatic nitrogens is 1. The third kappa shape index (κ3) is 5.94. The number of hydrogen-bond donors (Lipinski definition) is 4. The molecule has 150 valence electrons. The standard InChI is InChI=1S/C21H29N5O2/c1-22-19-15-18(7-10-23-19)25-20(27)24-11-14-26-12-8-21(28,9-13-26)16-17-5-3-2-4-6-17/h2-7,10,15,28H,8-9,11-14,16H2,1H3,(H3,22,23,24,25,27). The first-order valence-electron chi connectivity index (χ1n) is 9.74. The Morgan fingerprint density at radius 1 is 1.21 bits per heavy atom. The van der Waals surface area contributed by atoms with Gasteiger partial charge >= 0.3 is 6.03 Å². The average molecular weight is 383 g/mol. The van der Waals surface area contributed by atoms with Gasteiger partial charge in [-0.25, -0.2) is 9.78 Å². The molecule has 0 aliphatic carbocycles. The van der Waals surface area contributed by atoms with Crippen molar-refractivity contribution in [2.24, 2.45) is 0 Å². The molecular weight excluding hydrogens is 354 g/mol. The van der Waals surface area contributed by atoms with Crippen molar-refractivity contribution in [2.45, 2.75) is 24.9 Å². The van der Waals surface area contributed by atoms with E-state index >= 15 is 0 Å². The second kappa shape index (κ2) is 9.52. The molecule has 0 unspecified atom stereocenters. The summed E-state index contributed by atoms with van der Waals surface area (Å²) >= 11 is 0. The summed E-state index contributed by atoms with van der Waals surface area (Å²) in [5, 5.41) is 19.5. The van der Waals surface area contributed by atoms with Crippen molar-refractivity contribution in [1.29, 1.82) is 0 Å². The second-order valence-corrected chi connectivity index (χ2v) is 7.29. The highest BCUT2D eigenvalue weighted by molar-refractivity contribution is 5.89. The zero-order valence-corrected chi connectivity index (χ0v) is 16.3. The molecule has 7 nitrogen and oxygen atoms in total. The Hall–Kier alpha value is -2.64. The van der Waals surface area contributed by atoms with E-state index in [4.69, 9.17) is 0 Å². The summed E-state index contributed by atoms with van der Waals surface area (Å²) in [5.41, 5.74) is 1.24. The molecule has 1 fully saturated rings. The Balaban J connectivity index is 1.36.